The highest BCUT2D eigenvalue weighted by atomic mass is 35.5. The van der Waals surface area contributed by atoms with Crippen LogP contribution in [0.25, 0.3) is 0 Å². The Kier molecular flexibility index (Phi) is 5.06. The van der Waals surface area contributed by atoms with Crippen molar-refractivity contribution >= 4 is 23.4 Å². The fourth-order valence-electron chi connectivity index (χ4n) is 3.25. The molecule has 0 saturated carbocycles. The van der Waals surface area contributed by atoms with E-state index in [9.17, 15) is 9.18 Å². The van der Waals surface area contributed by atoms with Gasteiger partial charge in [-0.3, -0.25) is 4.79 Å². The van der Waals surface area contributed by atoms with Gasteiger partial charge in [0.25, 0.3) is 6.02 Å². The van der Waals surface area contributed by atoms with Gasteiger partial charge in [0.05, 0.1) is 0 Å². The van der Waals surface area contributed by atoms with E-state index < -0.39 is 40.2 Å². The van der Waals surface area contributed by atoms with Crippen LogP contribution in [0, 0.1) is 5.82 Å². The molecule has 29 heavy (non-hydrogen) atoms. The number of aliphatic imine (C=N–C) groups is 1. The summed E-state index contributed by atoms with van der Waals surface area (Å²) in [6, 6.07) is 5.86. The second kappa shape index (κ2) is 6.98. The van der Waals surface area contributed by atoms with Crippen molar-refractivity contribution in [2.24, 2.45) is 10.7 Å². The zero-order chi connectivity index (χ0) is 21.6. The van der Waals surface area contributed by atoms with Gasteiger partial charge in [-0.15, -0.1) is 10.2 Å². The SMILES string of the molecule is CC1(C)OC(N)=N[C@](C)(c2cc(CC(=O)c3ccc(Cl)nn3)ccc2F)C1(F)F. The molecule has 0 aliphatic carbocycles. The van der Waals surface area contributed by atoms with Gasteiger partial charge in [-0.2, -0.15) is 8.78 Å². The topological polar surface area (TPSA) is 90.5 Å². The lowest BCUT2D eigenvalue weighted by Crippen LogP contribution is -2.62. The number of benzene rings is 1. The van der Waals surface area contributed by atoms with E-state index in [0.29, 0.717) is 5.56 Å². The summed E-state index contributed by atoms with van der Waals surface area (Å²) in [4.78, 5) is 16.1. The predicted octanol–water partition coefficient (Wildman–Crippen LogP) is 3.67. The number of aromatic nitrogens is 2. The number of hydrogen-bond donors (Lipinski definition) is 1. The second-order valence-corrected chi connectivity index (χ2v) is 7.75. The summed E-state index contributed by atoms with van der Waals surface area (Å²) in [7, 11) is 0. The van der Waals surface area contributed by atoms with Crippen LogP contribution in [-0.2, 0) is 16.7 Å². The highest BCUT2D eigenvalue weighted by Crippen LogP contribution is 2.51. The third-order valence-corrected chi connectivity index (χ3v) is 5.10. The van der Waals surface area contributed by atoms with Gasteiger partial charge in [0, 0.05) is 12.0 Å². The maximum Gasteiger partial charge on any atom is 0.315 e. The number of nitrogens with two attached hydrogens (primary N) is 1. The lowest BCUT2D eigenvalue weighted by molar-refractivity contribution is -0.207. The second-order valence-electron chi connectivity index (χ2n) is 7.36. The molecule has 0 spiro atoms. The van der Waals surface area contributed by atoms with Crippen molar-refractivity contribution in [3.8, 4) is 0 Å². The maximum atomic E-state index is 15.2. The Morgan fingerprint density at radius 3 is 2.48 bits per heavy atom. The van der Waals surface area contributed by atoms with Gasteiger partial charge in [-0.1, -0.05) is 17.7 Å². The Bertz CT molecular complexity index is 995. The zero-order valence-corrected chi connectivity index (χ0v) is 16.6. The van der Waals surface area contributed by atoms with E-state index >= 15 is 8.78 Å². The van der Waals surface area contributed by atoms with Crippen molar-refractivity contribution in [1.29, 1.82) is 0 Å². The monoisotopic (exact) mass is 426 g/mol. The number of ether oxygens (including phenoxy) is 1. The normalized spacial score (nSPS) is 22.5. The number of alkyl halides is 2. The van der Waals surface area contributed by atoms with Crippen LogP contribution >= 0.6 is 11.6 Å². The van der Waals surface area contributed by atoms with E-state index in [2.05, 4.69) is 15.2 Å². The molecule has 0 saturated heterocycles. The van der Waals surface area contributed by atoms with E-state index in [4.69, 9.17) is 22.1 Å². The maximum absolute atomic E-state index is 15.2. The van der Waals surface area contributed by atoms with Crippen molar-refractivity contribution in [3.63, 3.8) is 0 Å². The summed E-state index contributed by atoms with van der Waals surface area (Å²) in [6.45, 7) is 3.38. The van der Waals surface area contributed by atoms with Gasteiger partial charge >= 0.3 is 5.92 Å². The molecule has 1 aliphatic heterocycles. The van der Waals surface area contributed by atoms with Gasteiger partial charge in [-0.25, -0.2) is 9.38 Å². The van der Waals surface area contributed by atoms with Crippen molar-refractivity contribution in [3.05, 3.63) is 58.1 Å². The van der Waals surface area contributed by atoms with E-state index in [1.165, 1.54) is 24.3 Å². The van der Waals surface area contributed by atoms with E-state index in [1.54, 1.807) is 0 Å². The minimum atomic E-state index is -3.60. The van der Waals surface area contributed by atoms with Gasteiger partial charge in [-0.05, 0) is 50.6 Å². The Hall–Kier alpha value is -2.68. The predicted molar refractivity (Wildman–Crippen MR) is 101 cm³/mol. The molecule has 1 aliphatic rings. The summed E-state index contributed by atoms with van der Waals surface area (Å²) < 4.78 is 50.0. The molecule has 0 radical (unpaired) electrons. The number of amidine groups is 1. The van der Waals surface area contributed by atoms with Crippen molar-refractivity contribution in [2.45, 2.75) is 44.3 Å². The first-order chi connectivity index (χ1) is 13.4. The zero-order valence-electron chi connectivity index (χ0n) is 15.8. The van der Waals surface area contributed by atoms with Crippen LogP contribution < -0.4 is 5.73 Å². The van der Waals surface area contributed by atoms with Gasteiger partial charge in [0.1, 0.15) is 11.5 Å². The molecule has 10 heteroatoms. The van der Waals surface area contributed by atoms with Crippen LogP contribution in [-0.4, -0.2) is 33.5 Å². The molecule has 2 heterocycles. The third-order valence-electron chi connectivity index (χ3n) is 4.90. The lowest BCUT2D eigenvalue weighted by Gasteiger charge is -2.46. The average Bonchev–Trinajstić information content (AvgIpc) is 2.61. The number of halogens is 4. The molecule has 1 aromatic heterocycles. The highest BCUT2D eigenvalue weighted by Gasteiger charge is 2.66. The molecule has 154 valence electrons. The smallest absolute Gasteiger partial charge is 0.315 e. The minimum absolute atomic E-state index is 0.0475. The van der Waals surface area contributed by atoms with E-state index in [1.807, 2.05) is 0 Å². The number of carbonyl (C=O) groups excluding carboxylic acids is 1. The standard InChI is InChI=1S/C19H18ClF3N4O2/c1-17(2)19(22,23)18(3,25-16(24)29-17)11-8-10(4-5-12(11)21)9-14(28)13-6-7-15(20)27-26-13/h4-8H,9H2,1-3H3,(H2,24,25)/t18-/m1/s1. The first kappa shape index (κ1) is 21.0. The summed E-state index contributed by atoms with van der Waals surface area (Å²) in [5, 5.41) is 7.40. The third kappa shape index (κ3) is 3.55. The number of nitrogens with zero attached hydrogens (tertiary/aromatic N) is 3. The minimum Gasteiger partial charge on any atom is -0.453 e. The number of hydrogen-bond acceptors (Lipinski definition) is 6. The molecule has 1 atom stereocenters. The van der Waals surface area contributed by atoms with E-state index in [0.717, 1.165) is 26.8 Å². The molecule has 0 unspecified atom stereocenters. The molecule has 3 rings (SSSR count). The van der Waals surface area contributed by atoms with Crippen LogP contribution in [0.5, 0.6) is 0 Å². The fraction of sp³-hybridized carbons (Fsp3) is 0.368. The largest absolute Gasteiger partial charge is 0.453 e. The summed E-state index contributed by atoms with van der Waals surface area (Å²) in [5.41, 5.74) is 1.20. The molecule has 2 aromatic rings. The fourth-order valence-corrected chi connectivity index (χ4v) is 3.35. The molecular weight excluding hydrogens is 409 g/mol. The van der Waals surface area contributed by atoms with Crippen LogP contribution in [0.15, 0.2) is 35.3 Å². The number of Topliss-reactive ketones (excluding diaryl/α,β-unsaturated/α-hetero) is 1. The van der Waals surface area contributed by atoms with Crippen molar-refractivity contribution < 1.29 is 22.7 Å². The highest BCUT2D eigenvalue weighted by molar-refractivity contribution is 6.29. The Morgan fingerprint density at radius 1 is 1.17 bits per heavy atom. The van der Waals surface area contributed by atoms with Gasteiger partial charge in [0.15, 0.2) is 22.1 Å². The molecule has 2 N–H and O–H groups in total. The van der Waals surface area contributed by atoms with Crippen LogP contribution in [0.4, 0.5) is 13.2 Å². The molecule has 6 nitrogen and oxygen atoms in total. The molecule has 0 fully saturated rings. The Labute approximate surface area is 169 Å². The molecule has 0 bridgehead atoms. The van der Waals surface area contributed by atoms with E-state index in [-0.39, 0.29) is 17.3 Å². The number of carbonyl (C=O) groups is 1. The van der Waals surface area contributed by atoms with Crippen LogP contribution in [0.1, 0.15) is 42.4 Å². The first-order valence-corrected chi connectivity index (χ1v) is 8.99. The van der Waals surface area contributed by atoms with Gasteiger partial charge < -0.3 is 10.5 Å². The summed E-state index contributed by atoms with van der Waals surface area (Å²) >= 11 is 5.65. The Balaban J connectivity index is 2.02. The average molecular weight is 427 g/mol. The number of rotatable bonds is 4. The quantitative estimate of drug-likeness (QED) is 0.753. The van der Waals surface area contributed by atoms with Crippen LogP contribution in [0.3, 0.4) is 0 Å². The van der Waals surface area contributed by atoms with Crippen LogP contribution in [0.2, 0.25) is 5.15 Å². The number of ketones is 1. The lowest BCUT2D eigenvalue weighted by atomic mass is 9.76. The van der Waals surface area contributed by atoms with Crippen molar-refractivity contribution in [1.82, 2.24) is 10.2 Å². The molecule has 0 amide bonds. The molecule has 1 aromatic carbocycles. The Morgan fingerprint density at radius 2 is 1.86 bits per heavy atom. The molecular formula is C19H18ClF3N4O2. The summed E-state index contributed by atoms with van der Waals surface area (Å²) in [6.07, 6.45) is -0.204. The summed E-state index contributed by atoms with van der Waals surface area (Å²) in [5.74, 6) is -4.93. The first-order valence-electron chi connectivity index (χ1n) is 8.61. The van der Waals surface area contributed by atoms with Crippen molar-refractivity contribution in [2.75, 3.05) is 0 Å². The van der Waals surface area contributed by atoms with Gasteiger partial charge in [0.2, 0.25) is 0 Å².